The fraction of sp³-hybridized carbons (Fsp3) is 0.304. The number of ether oxygens (including phenoxy) is 1. The zero-order valence-electron chi connectivity index (χ0n) is 17.0. The van der Waals surface area contributed by atoms with Crippen LogP contribution < -0.4 is 0 Å². The molecule has 3 aromatic rings. The van der Waals surface area contributed by atoms with Crippen molar-refractivity contribution in [2.24, 2.45) is 0 Å². The first-order valence-electron chi connectivity index (χ1n) is 9.76. The summed E-state index contributed by atoms with van der Waals surface area (Å²) in [6.45, 7) is 5.75. The number of halogens is 2. The molecule has 0 radical (unpaired) electrons. The Balaban J connectivity index is 2.12. The molecule has 0 bridgehead atoms. The lowest BCUT2D eigenvalue weighted by Gasteiger charge is -2.13. The fourth-order valence-corrected chi connectivity index (χ4v) is 3.67. The first-order valence-corrected chi connectivity index (χ1v) is 10.1. The topological polar surface area (TPSA) is 68.5 Å². The second kappa shape index (κ2) is 8.88. The van der Waals surface area contributed by atoms with E-state index in [2.05, 4.69) is 0 Å². The van der Waals surface area contributed by atoms with Crippen molar-refractivity contribution in [3.05, 3.63) is 64.1 Å². The van der Waals surface area contributed by atoms with Gasteiger partial charge in [0, 0.05) is 16.6 Å². The minimum atomic E-state index is -0.692. The van der Waals surface area contributed by atoms with E-state index in [4.69, 9.17) is 16.3 Å². The summed E-state index contributed by atoms with van der Waals surface area (Å²) in [5.41, 5.74) is 1.74. The lowest BCUT2D eigenvalue weighted by molar-refractivity contribution is -0.145. The number of carbonyl (C=O) groups excluding carboxylic acids is 2. The van der Waals surface area contributed by atoms with Crippen LogP contribution >= 0.6 is 11.6 Å². The number of aromatic hydroxyl groups is 1. The van der Waals surface area contributed by atoms with Crippen LogP contribution in [-0.4, -0.2) is 28.2 Å². The van der Waals surface area contributed by atoms with E-state index >= 15 is 0 Å². The first-order chi connectivity index (χ1) is 14.3. The number of hydrogen-bond donors (Lipinski definition) is 1. The van der Waals surface area contributed by atoms with Crippen molar-refractivity contribution in [1.82, 2.24) is 4.57 Å². The summed E-state index contributed by atoms with van der Waals surface area (Å²) >= 11 is 5.74. The Morgan fingerprint density at radius 1 is 1.23 bits per heavy atom. The van der Waals surface area contributed by atoms with Crippen LogP contribution in [0, 0.1) is 12.7 Å². The van der Waals surface area contributed by atoms with Gasteiger partial charge in [0.15, 0.2) is 0 Å². The van der Waals surface area contributed by atoms with E-state index in [0.29, 0.717) is 28.8 Å². The molecule has 3 rings (SSSR count). The predicted octanol–water partition coefficient (Wildman–Crippen LogP) is 5.58. The van der Waals surface area contributed by atoms with Crippen LogP contribution in [0.2, 0.25) is 5.02 Å². The molecule has 158 valence electrons. The van der Waals surface area contributed by atoms with E-state index in [1.165, 1.54) is 28.8 Å². The lowest BCUT2D eigenvalue weighted by Crippen LogP contribution is -2.17. The Kier molecular flexibility index (Phi) is 6.46. The number of phenolic OH excluding ortho intramolecular Hbond substituents is 1. The van der Waals surface area contributed by atoms with Crippen LogP contribution in [-0.2, 0) is 9.53 Å². The van der Waals surface area contributed by atoms with Gasteiger partial charge in [-0.25, -0.2) is 4.39 Å². The molecule has 0 unspecified atom stereocenters. The Hall–Kier alpha value is -2.86. The number of carbonyl (C=O) groups is 2. The molecule has 0 saturated carbocycles. The van der Waals surface area contributed by atoms with Crippen LogP contribution in [0.4, 0.5) is 4.39 Å². The lowest BCUT2D eigenvalue weighted by atomic mass is 9.98. The molecule has 0 aliphatic carbocycles. The number of hydrogen-bond acceptors (Lipinski definition) is 4. The normalized spacial score (nSPS) is 12.2. The van der Waals surface area contributed by atoms with Crippen molar-refractivity contribution >= 4 is 34.4 Å². The average molecular weight is 432 g/mol. The van der Waals surface area contributed by atoms with Gasteiger partial charge in [0.05, 0.1) is 23.1 Å². The number of aromatic nitrogens is 1. The number of phenols is 1. The molecule has 1 N–H and O–H groups in total. The molecule has 0 aliphatic rings. The van der Waals surface area contributed by atoms with Gasteiger partial charge in [-0.15, -0.1) is 0 Å². The standard InChI is InChI=1S/C23H23ClFNO4/c1-4-5-10-30-23(29)13(2)21-14(3)26(20-9-7-16(27)12-17(20)21)22(28)15-6-8-18(24)19(25)11-15/h6-9,11-13,27H,4-5,10H2,1-3H3/t13-/m0/s1. The second-order valence-electron chi connectivity index (χ2n) is 7.21. The summed E-state index contributed by atoms with van der Waals surface area (Å²) in [5.74, 6) is -2.20. The third-order valence-corrected chi connectivity index (χ3v) is 5.44. The van der Waals surface area contributed by atoms with Gasteiger partial charge >= 0.3 is 5.97 Å². The SMILES string of the molecule is CCCCOC(=O)[C@@H](C)c1c(C)n(C(=O)c2ccc(Cl)c(F)c2)c2ccc(O)cc12. The molecule has 1 aromatic heterocycles. The van der Waals surface area contributed by atoms with E-state index in [-0.39, 0.29) is 16.3 Å². The Morgan fingerprint density at radius 2 is 1.97 bits per heavy atom. The van der Waals surface area contributed by atoms with E-state index < -0.39 is 23.6 Å². The highest BCUT2D eigenvalue weighted by Crippen LogP contribution is 2.35. The average Bonchev–Trinajstić information content (AvgIpc) is 2.99. The molecule has 0 aliphatic heterocycles. The van der Waals surface area contributed by atoms with Crippen LogP contribution in [0.1, 0.15) is 54.2 Å². The third kappa shape index (κ3) is 4.05. The van der Waals surface area contributed by atoms with E-state index in [0.717, 1.165) is 18.9 Å². The van der Waals surface area contributed by atoms with Crippen LogP contribution in [0.3, 0.4) is 0 Å². The molecule has 0 amide bonds. The Bertz CT molecular complexity index is 1120. The molecule has 0 saturated heterocycles. The first kappa shape index (κ1) is 21.8. The van der Waals surface area contributed by atoms with Crippen molar-refractivity contribution < 1.29 is 23.8 Å². The van der Waals surface area contributed by atoms with Gasteiger partial charge < -0.3 is 9.84 Å². The maximum atomic E-state index is 13.9. The van der Waals surface area contributed by atoms with Gasteiger partial charge in [0.25, 0.3) is 5.91 Å². The number of rotatable bonds is 6. The smallest absolute Gasteiger partial charge is 0.313 e. The molecule has 30 heavy (non-hydrogen) atoms. The van der Waals surface area contributed by atoms with Gasteiger partial charge in [-0.2, -0.15) is 0 Å². The van der Waals surface area contributed by atoms with Gasteiger partial charge in [0.1, 0.15) is 11.6 Å². The van der Waals surface area contributed by atoms with Crippen LogP contribution in [0.25, 0.3) is 10.9 Å². The van der Waals surface area contributed by atoms with Crippen molar-refractivity contribution in [2.75, 3.05) is 6.61 Å². The zero-order valence-corrected chi connectivity index (χ0v) is 17.8. The minimum Gasteiger partial charge on any atom is -0.508 e. The highest BCUT2D eigenvalue weighted by Gasteiger charge is 2.28. The van der Waals surface area contributed by atoms with Crippen molar-refractivity contribution in [2.45, 2.75) is 39.5 Å². The maximum absolute atomic E-state index is 13.9. The van der Waals surface area contributed by atoms with Crippen molar-refractivity contribution in [3.8, 4) is 5.75 Å². The maximum Gasteiger partial charge on any atom is 0.313 e. The summed E-state index contributed by atoms with van der Waals surface area (Å²) in [5, 5.41) is 10.5. The highest BCUT2D eigenvalue weighted by atomic mass is 35.5. The summed E-state index contributed by atoms with van der Waals surface area (Å²) in [4.78, 5) is 25.8. The molecule has 0 fully saturated rings. The minimum absolute atomic E-state index is 0.0115. The molecule has 1 heterocycles. The summed E-state index contributed by atoms with van der Waals surface area (Å²) < 4.78 is 20.7. The summed E-state index contributed by atoms with van der Waals surface area (Å²) in [7, 11) is 0. The number of fused-ring (bicyclic) bond motifs is 1. The number of benzene rings is 2. The van der Waals surface area contributed by atoms with Crippen molar-refractivity contribution in [1.29, 1.82) is 0 Å². The number of nitrogens with zero attached hydrogens (tertiary/aromatic N) is 1. The number of esters is 1. The Labute approximate surface area is 179 Å². The zero-order chi connectivity index (χ0) is 22.0. The van der Waals surface area contributed by atoms with Gasteiger partial charge in [-0.1, -0.05) is 24.9 Å². The summed E-state index contributed by atoms with van der Waals surface area (Å²) in [6.07, 6.45) is 1.67. The highest BCUT2D eigenvalue weighted by molar-refractivity contribution is 6.30. The molecular weight excluding hydrogens is 409 g/mol. The largest absolute Gasteiger partial charge is 0.508 e. The Morgan fingerprint density at radius 3 is 2.63 bits per heavy atom. The van der Waals surface area contributed by atoms with E-state index in [1.807, 2.05) is 6.92 Å². The molecule has 2 aromatic carbocycles. The molecule has 1 atom stereocenters. The van der Waals surface area contributed by atoms with E-state index in [9.17, 15) is 19.1 Å². The van der Waals surface area contributed by atoms with Crippen LogP contribution in [0.15, 0.2) is 36.4 Å². The summed E-state index contributed by atoms with van der Waals surface area (Å²) in [6, 6.07) is 8.42. The molecular formula is C23H23ClFNO4. The van der Waals surface area contributed by atoms with E-state index in [1.54, 1.807) is 19.9 Å². The van der Waals surface area contributed by atoms with Gasteiger partial charge in [-0.05, 0) is 62.2 Å². The number of unbranched alkanes of at least 4 members (excludes halogenated alkanes) is 1. The van der Waals surface area contributed by atoms with Crippen LogP contribution in [0.5, 0.6) is 5.75 Å². The quantitative estimate of drug-likeness (QED) is 0.408. The third-order valence-electron chi connectivity index (χ3n) is 5.13. The molecule has 5 nitrogen and oxygen atoms in total. The van der Waals surface area contributed by atoms with Gasteiger partial charge in [0.2, 0.25) is 0 Å². The predicted molar refractivity (Wildman–Crippen MR) is 114 cm³/mol. The molecule has 7 heteroatoms. The fourth-order valence-electron chi connectivity index (χ4n) is 3.56. The van der Waals surface area contributed by atoms with Crippen molar-refractivity contribution in [3.63, 3.8) is 0 Å². The second-order valence-corrected chi connectivity index (χ2v) is 7.62. The monoisotopic (exact) mass is 431 g/mol. The molecule has 0 spiro atoms. The van der Waals surface area contributed by atoms with Gasteiger partial charge in [-0.3, -0.25) is 14.2 Å².